The summed E-state index contributed by atoms with van der Waals surface area (Å²) in [6, 6.07) is 25.3. The van der Waals surface area contributed by atoms with Crippen molar-refractivity contribution in [1.82, 2.24) is 0 Å². The molecule has 0 aromatic heterocycles. The van der Waals surface area contributed by atoms with Gasteiger partial charge in [0.1, 0.15) is 5.75 Å². The van der Waals surface area contributed by atoms with Gasteiger partial charge in [0.25, 0.3) is 15.9 Å². The fraction of sp³-hybridized carbons (Fsp3) is 0.179. The van der Waals surface area contributed by atoms with Crippen molar-refractivity contribution in [2.75, 3.05) is 10.0 Å². The van der Waals surface area contributed by atoms with Crippen LogP contribution in [0.5, 0.6) is 5.75 Å². The first-order chi connectivity index (χ1) is 16.7. The second-order valence-electron chi connectivity index (χ2n) is 8.46. The van der Waals surface area contributed by atoms with Gasteiger partial charge < -0.3 is 10.1 Å². The average molecular weight is 489 g/mol. The predicted molar refractivity (Wildman–Crippen MR) is 140 cm³/mol. The molecule has 0 saturated carbocycles. The molecule has 0 heterocycles. The number of ether oxygens (including phenoxy) is 1. The molecule has 0 unspecified atom stereocenters. The third kappa shape index (κ3) is 5.81. The summed E-state index contributed by atoms with van der Waals surface area (Å²) in [5, 5.41) is 4.95. The topological polar surface area (TPSA) is 84.5 Å². The molecule has 0 fully saturated rings. The average Bonchev–Trinajstić information content (AvgIpc) is 2.84. The van der Waals surface area contributed by atoms with E-state index in [1.54, 1.807) is 18.2 Å². The zero-order chi connectivity index (χ0) is 25.0. The summed E-state index contributed by atoms with van der Waals surface area (Å²) in [7, 11) is -3.76. The number of aryl methyl sites for hydroxylation is 2. The summed E-state index contributed by atoms with van der Waals surface area (Å²) >= 11 is 0. The van der Waals surface area contributed by atoms with E-state index in [-0.39, 0.29) is 10.8 Å². The maximum atomic E-state index is 12.8. The molecular weight excluding hydrogens is 460 g/mol. The van der Waals surface area contributed by atoms with Crippen molar-refractivity contribution in [3.63, 3.8) is 0 Å². The van der Waals surface area contributed by atoms with Crippen LogP contribution in [0.1, 0.15) is 24.5 Å². The molecule has 0 radical (unpaired) electrons. The standard InChI is InChI=1S/C28H28N2O4S/c1-4-27(34-24-14-11-21-7-5-6-8-22(21)18-24)28(31)29-23-12-15-25(16-13-23)35(32,33)30-26-17-19(2)9-10-20(26)3/h5-18,27,30H,4H2,1-3H3,(H,29,31)/t27-/m0/s1. The molecule has 1 atom stereocenters. The highest BCUT2D eigenvalue weighted by molar-refractivity contribution is 7.92. The number of hydrogen-bond donors (Lipinski definition) is 2. The molecular formula is C28H28N2O4S. The van der Waals surface area contributed by atoms with Crippen LogP contribution in [0.15, 0.2) is 89.8 Å². The minimum absolute atomic E-state index is 0.107. The first kappa shape index (κ1) is 24.3. The summed E-state index contributed by atoms with van der Waals surface area (Å²) in [6.07, 6.45) is -0.212. The van der Waals surface area contributed by atoms with Crippen LogP contribution < -0.4 is 14.8 Å². The van der Waals surface area contributed by atoms with Crippen LogP contribution >= 0.6 is 0 Å². The number of hydrogen-bond acceptors (Lipinski definition) is 4. The molecule has 180 valence electrons. The van der Waals surface area contributed by atoms with E-state index < -0.39 is 16.1 Å². The van der Waals surface area contributed by atoms with Crippen molar-refractivity contribution in [2.45, 2.75) is 38.2 Å². The van der Waals surface area contributed by atoms with Crippen LogP contribution in [0.2, 0.25) is 0 Å². The van der Waals surface area contributed by atoms with Gasteiger partial charge in [-0.1, -0.05) is 49.4 Å². The Bertz CT molecular complexity index is 1460. The van der Waals surface area contributed by atoms with Gasteiger partial charge in [0.15, 0.2) is 6.10 Å². The summed E-state index contributed by atoms with van der Waals surface area (Å²) in [6.45, 7) is 5.63. The van der Waals surface area contributed by atoms with E-state index in [1.165, 1.54) is 12.1 Å². The number of fused-ring (bicyclic) bond motifs is 1. The molecule has 1 amide bonds. The Hall–Kier alpha value is -3.84. The molecule has 0 spiro atoms. The molecule has 0 saturated heterocycles. The molecule has 4 aromatic carbocycles. The minimum atomic E-state index is -3.76. The number of carbonyl (C=O) groups excluding carboxylic acids is 1. The van der Waals surface area contributed by atoms with E-state index in [1.807, 2.05) is 75.4 Å². The highest BCUT2D eigenvalue weighted by Gasteiger charge is 2.20. The van der Waals surface area contributed by atoms with Crippen LogP contribution in [0, 0.1) is 13.8 Å². The van der Waals surface area contributed by atoms with E-state index in [2.05, 4.69) is 10.0 Å². The first-order valence-corrected chi connectivity index (χ1v) is 12.9. The van der Waals surface area contributed by atoms with Gasteiger partial charge in [-0.2, -0.15) is 0 Å². The molecule has 0 aliphatic rings. The second-order valence-corrected chi connectivity index (χ2v) is 10.1. The zero-order valence-electron chi connectivity index (χ0n) is 19.9. The Morgan fingerprint density at radius 1 is 0.886 bits per heavy atom. The molecule has 7 heteroatoms. The van der Waals surface area contributed by atoms with Gasteiger partial charge in [-0.3, -0.25) is 9.52 Å². The third-order valence-corrected chi connectivity index (χ3v) is 7.11. The maximum Gasteiger partial charge on any atom is 0.265 e. The largest absolute Gasteiger partial charge is 0.481 e. The van der Waals surface area contributed by atoms with Gasteiger partial charge >= 0.3 is 0 Å². The summed E-state index contributed by atoms with van der Waals surface area (Å²) in [5.41, 5.74) is 2.82. The normalized spacial score (nSPS) is 12.2. The smallest absolute Gasteiger partial charge is 0.265 e. The molecule has 4 aromatic rings. The molecule has 4 rings (SSSR count). The number of anilines is 2. The lowest BCUT2D eigenvalue weighted by atomic mass is 10.1. The Kier molecular flexibility index (Phi) is 7.07. The second kappa shape index (κ2) is 10.2. The van der Waals surface area contributed by atoms with Gasteiger partial charge in [-0.05, 0) is 84.6 Å². The lowest BCUT2D eigenvalue weighted by Gasteiger charge is -2.18. The summed E-state index contributed by atoms with van der Waals surface area (Å²) in [4.78, 5) is 12.9. The van der Waals surface area contributed by atoms with Crippen LogP contribution in [0.25, 0.3) is 10.8 Å². The molecule has 2 N–H and O–H groups in total. The fourth-order valence-electron chi connectivity index (χ4n) is 3.72. The highest BCUT2D eigenvalue weighted by Crippen LogP contribution is 2.24. The van der Waals surface area contributed by atoms with E-state index >= 15 is 0 Å². The van der Waals surface area contributed by atoms with Crippen LogP contribution in [0.3, 0.4) is 0 Å². The Balaban J connectivity index is 1.43. The van der Waals surface area contributed by atoms with Gasteiger partial charge in [0.05, 0.1) is 10.6 Å². The van der Waals surface area contributed by atoms with Crippen molar-refractivity contribution < 1.29 is 17.9 Å². The van der Waals surface area contributed by atoms with Gasteiger partial charge in [-0.15, -0.1) is 0 Å². The van der Waals surface area contributed by atoms with Crippen LogP contribution in [0.4, 0.5) is 11.4 Å². The lowest BCUT2D eigenvalue weighted by Crippen LogP contribution is -2.32. The zero-order valence-corrected chi connectivity index (χ0v) is 20.7. The number of nitrogens with one attached hydrogen (secondary N) is 2. The number of amides is 1. The number of carbonyl (C=O) groups is 1. The summed E-state index contributed by atoms with van der Waals surface area (Å²) in [5.74, 6) is 0.314. The van der Waals surface area contributed by atoms with Crippen molar-refractivity contribution in [1.29, 1.82) is 0 Å². The Morgan fingerprint density at radius 3 is 2.31 bits per heavy atom. The number of rotatable bonds is 8. The van der Waals surface area contributed by atoms with Crippen molar-refractivity contribution in [3.05, 3.63) is 96.1 Å². The SMILES string of the molecule is CC[C@H](Oc1ccc2ccccc2c1)C(=O)Nc1ccc(S(=O)(=O)Nc2cc(C)ccc2C)cc1. The van der Waals surface area contributed by atoms with Gasteiger partial charge in [-0.25, -0.2) is 8.42 Å². The van der Waals surface area contributed by atoms with E-state index in [4.69, 9.17) is 4.74 Å². The quantitative estimate of drug-likeness (QED) is 0.316. The first-order valence-electron chi connectivity index (χ1n) is 11.4. The van der Waals surface area contributed by atoms with Crippen molar-refractivity contribution in [2.24, 2.45) is 0 Å². The summed E-state index contributed by atoms with van der Waals surface area (Å²) < 4.78 is 34.3. The van der Waals surface area contributed by atoms with Gasteiger partial charge in [0.2, 0.25) is 0 Å². The Labute approximate surface area is 206 Å². The predicted octanol–water partition coefficient (Wildman–Crippen LogP) is 6.05. The van der Waals surface area contributed by atoms with E-state index in [0.29, 0.717) is 23.5 Å². The molecule has 0 bridgehead atoms. The van der Waals surface area contributed by atoms with E-state index in [9.17, 15) is 13.2 Å². The van der Waals surface area contributed by atoms with Crippen molar-refractivity contribution in [3.8, 4) is 5.75 Å². The lowest BCUT2D eigenvalue weighted by molar-refractivity contribution is -0.122. The fourth-order valence-corrected chi connectivity index (χ4v) is 4.84. The highest BCUT2D eigenvalue weighted by atomic mass is 32.2. The molecule has 6 nitrogen and oxygen atoms in total. The van der Waals surface area contributed by atoms with Gasteiger partial charge in [0, 0.05) is 5.69 Å². The Morgan fingerprint density at radius 2 is 1.60 bits per heavy atom. The molecule has 35 heavy (non-hydrogen) atoms. The van der Waals surface area contributed by atoms with Crippen LogP contribution in [-0.2, 0) is 14.8 Å². The van der Waals surface area contributed by atoms with Crippen molar-refractivity contribution >= 4 is 38.1 Å². The molecule has 0 aliphatic heterocycles. The number of sulfonamides is 1. The minimum Gasteiger partial charge on any atom is -0.481 e. The number of benzene rings is 4. The monoisotopic (exact) mass is 488 g/mol. The van der Waals surface area contributed by atoms with E-state index in [0.717, 1.165) is 21.9 Å². The third-order valence-electron chi connectivity index (χ3n) is 5.73. The maximum absolute atomic E-state index is 12.8. The molecule has 0 aliphatic carbocycles. The van der Waals surface area contributed by atoms with Crippen LogP contribution in [-0.4, -0.2) is 20.4 Å².